The molecule has 0 atom stereocenters. The minimum atomic E-state index is 0.0599. The molecule has 9 rings (SSSR count). The summed E-state index contributed by atoms with van der Waals surface area (Å²) in [6.45, 7) is 9.07. The molecule has 0 aliphatic heterocycles. The SMILES string of the molecule is CCCCCCCCC1(CCCCCCCC)c2cc(C)ccc2-c2ccc(-c3ccc(N(c4ccccc4)c4ccc(-c5ccc(N(c6ccccc6)c6ccc(C)cc6)cc5)cc4)cc3)cc21. The Hall–Kier alpha value is -6.64. The third-order valence-electron chi connectivity index (χ3n) is 14.8. The van der Waals surface area contributed by atoms with Crippen molar-refractivity contribution in [2.45, 2.75) is 123 Å². The molecule has 2 heteroatoms. The fourth-order valence-corrected chi connectivity index (χ4v) is 11.0. The first kappa shape index (κ1) is 47.4. The third kappa shape index (κ3) is 10.8. The molecule has 0 unspecified atom stereocenters. The highest BCUT2D eigenvalue weighted by molar-refractivity contribution is 5.86. The quantitative estimate of drug-likeness (QED) is 0.0625. The summed E-state index contributed by atoms with van der Waals surface area (Å²) < 4.78 is 0. The highest BCUT2D eigenvalue weighted by Gasteiger charge is 2.42. The van der Waals surface area contributed by atoms with Crippen molar-refractivity contribution in [2.24, 2.45) is 0 Å². The smallest absolute Gasteiger partial charge is 0.0462 e. The Labute approximate surface area is 414 Å². The van der Waals surface area contributed by atoms with Crippen molar-refractivity contribution >= 4 is 34.1 Å². The summed E-state index contributed by atoms with van der Waals surface area (Å²) in [7, 11) is 0. The van der Waals surface area contributed by atoms with E-state index >= 15 is 0 Å². The van der Waals surface area contributed by atoms with Crippen LogP contribution in [-0.4, -0.2) is 0 Å². The predicted octanol–water partition coefficient (Wildman–Crippen LogP) is 20.3. The molecule has 0 saturated carbocycles. The van der Waals surface area contributed by atoms with Crippen molar-refractivity contribution in [1.29, 1.82) is 0 Å². The standard InChI is InChI=1S/C67H72N2/c1-5-7-9-11-13-21-47-67(48-22-14-12-10-8-6-2)65-49-52(4)29-45-63(65)64-46-36-56(50-66(64)67)55-34-43-62(44-35-55)69(58-25-19-16-20-26-58)61-41-32-54(33-42-61)53-30-39-60(40-31-53)68(57-23-17-15-18-24-57)59-37-27-51(3)28-38-59/h15-20,23-46,49-50H,5-14,21-22,47-48H2,1-4H3. The van der Waals surface area contributed by atoms with E-state index in [1.807, 2.05) is 0 Å². The van der Waals surface area contributed by atoms with Crippen LogP contribution < -0.4 is 9.80 Å². The van der Waals surface area contributed by atoms with Gasteiger partial charge in [0.2, 0.25) is 0 Å². The Bertz CT molecular complexity index is 2830. The molecule has 8 aromatic rings. The number of unbranched alkanes of at least 4 members (excludes halogenated alkanes) is 10. The molecule has 8 aromatic carbocycles. The van der Waals surface area contributed by atoms with E-state index in [2.05, 4.69) is 232 Å². The molecular formula is C67H72N2. The van der Waals surface area contributed by atoms with Gasteiger partial charge in [-0.05, 0) is 150 Å². The molecule has 0 saturated heterocycles. The lowest BCUT2D eigenvalue weighted by Crippen LogP contribution is -2.25. The molecule has 1 aliphatic carbocycles. The largest absolute Gasteiger partial charge is 0.311 e. The van der Waals surface area contributed by atoms with Crippen molar-refractivity contribution in [3.05, 3.63) is 216 Å². The maximum atomic E-state index is 2.59. The Balaban J connectivity index is 0.991. The average Bonchev–Trinajstić information content (AvgIpc) is 3.65. The number of fused-ring (bicyclic) bond motifs is 3. The van der Waals surface area contributed by atoms with Gasteiger partial charge in [-0.15, -0.1) is 0 Å². The van der Waals surface area contributed by atoms with Crippen LogP contribution in [0.3, 0.4) is 0 Å². The molecule has 0 aromatic heterocycles. The van der Waals surface area contributed by atoms with E-state index in [0.717, 1.165) is 34.1 Å². The zero-order valence-corrected chi connectivity index (χ0v) is 41.8. The monoisotopic (exact) mass is 905 g/mol. The molecule has 0 bridgehead atoms. The highest BCUT2D eigenvalue weighted by Crippen LogP contribution is 2.55. The molecule has 0 fully saturated rings. The van der Waals surface area contributed by atoms with Crippen molar-refractivity contribution in [3.63, 3.8) is 0 Å². The van der Waals surface area contributed by atoms with Crippen LogP contribution in [0, 0.1) is 13.8 Å². The van der Waals surface area contributed by atoms with Crippen molar-refractivity contribution in [1.82, 2.24) is 0 Å². The fourth-order valence-electron chi connectivity index (χ4n) is 11.0. The van der Waals surface area contributed by atoms with Gasteiger partial charge in [-0.1, -0.05) is 217 Å². The lowest BCUT2D eigenvalue weighted by molar-refractivity contribution is 0.398. The first-order chi connectivity index (χ1) is 34.0. The van der Waals surface area contributed by atoms with Crippen molar-refractivity contribution in [2.75, 3.05) is 9.80 Å². The summed E-state index contributed by atoms with van der Waals surface area (Å²) in [5, 5.41) is 0. The zero-order valence-electron chi connectivity index (χ0n) is 41.8. The Kier molecular flexibility index (Phi) is 15.6. The van der Waals surface area contributed by atoms with Crippen LogP contribution in [0.25, 0.3) is 33.4 Å². The van der Waals surface area contributed by atoms with Crippen molar-refractivity contribution < 1.29 is 0 Å². The van der Waals surface area contributed by atoms with Crippen LogP contribution in [0.4, 0.5) is 34.1 Å². The van der Waals surface area contributed by atoms with E-state index in [9.17, 15) is 0 Å². The van der Waals surface area contributed by atoms with Crippen LogP contribution in [0.1, 0.15) is 126 Å². The van der Waals surface area contributed by atoms with Gasteiger partial charge in [-0.25, -0.2) is 0 Å². The first-order valence-electron chi connectivity index (χ1n) is 26.3. The number of anilines is 6. The summed E-state index contributed by atoms with van der Waals surface area (Å²) >= 11 is 0. The minimum absolute atomic E-state index is 0.0599. The molecule has 0 radical (unpaired) electrons. The van der Waals surface area contributed by atoms with Gasteiger partial charge in [0.25, 0.3) is 0 Å². The second-order valence-electron chi connectivity index (χ2n) is 19.7. The van der Waals surface area contributed by atoms with Crippen LogP contribution >= 0.6 is 0 Å². The number of para-hydroxylation sites is 2. The van der Waals surface area contributed by atoms with Gasteiger partial charge in [0.05, 0.1) is 0 Å². The van der Waals surface area contributed by atoms with Gasteiger partial charge in [0.1, 0.15) is 0 Å². The van der Waals surface area contributed by atoms with E-state index in [1.54, 1.807) is 11.1 Å². The maximum Gasteiger partial charge on any atom is 0.0462 e. The van der Waals surface area contributed by atoms with E-state index in [1.165, 1.54) is 134 Å². The average molecular weight is 905 g/mol. The molecule has 0 spiro atoms. The number of hydrogen-bond acceptors (Lipinski definition) is 2. The first-order valence-corrected chi connectivity index (χ1v) is 26.3. The Morgan fingerprint density at radius 2 is 0.638 bits per heavy atom. The summed E-state index contributed by atoms with van der Waals surface area (Å²) in [4.78, 5) is 4.70. The highest BCUT2D eigenvalue weighted by atomic mass is 15.1. The Morgan fingerprint density at radius 1 is 0.304 bits per heavy atom. The maximum absolute atomic E-state index is 2.59. The number of nitrogens with zero attached hydrogens (tertiary/aromatic N) is 2. The normalized spacial score (nSPS) is 12.4. The van der Waals surface area contributed by atoms with Gasteiger partial charge >= 0.3 is 0 Å². The molecule has 0 amide bonds. The molecule has 0 heterocycles. The molecule has 1 aliphatic rings. The van der Waals surface area contributed by atoms with Crippen LogP contribution in [0.15, 0.2) is 194 Å². The third-order valence-corrected chi connectivity index (χ3v) is 14.8. The van der Waals surface area contributed by atoms with Crippen LogP contribution in [-0.2, 0) is 5.41 Å². The van der Waals surface area contributed by atoms with Crippen molar-refractivity contribution in [3.8, 4) is 33.4 Å². The minimum Gasteiger partial charge on any atom is -0.311 e. The van der Waals surface area contributed by atoms with Crippen LogP contribution in [0.2, 0.25) is 0 Å². The summed E-state index contributed by atoms with van der Waals surface area (Å²) in [6.07, 6.45) is 18.4. The summed E-state index contributed by atoms with van der Waals surface area (Å²) in [5.74, 6) is 0. The lowest BCUT2D eigenvalue weighted by Gasteiger charge is -2.33. The van der Waals surface area contributed by atoms with Gasteiger partial charge in [-0.3, -0.25) is 0 Å². The van der Waals surface area contributed by atoms with Gasteiger partial charge in [-0.2, -0.15) is 0 Å². The van der Waals surface area contributed by atoms with Gasteiger partial charge in [0, 0.05) is 39.5 Å². The number of benzene rings is 8. The number of aryl methyl sites for hydroxylation is 2. The van der Waals surface area contributed by atoms with Gasteiger partial charge in [0.15, 0.2) is 0 Å². The van der Waals surface area contributed by atoms with E-state index in [-0.39, 0.29) is 5.41 Å². The molecular weight excluding hydrogens is 833 g/mol. The predicted molar refractivity (Wildman–Crippen MR) is 298 cm³/mol. The van der Waals surface area contributed by atoms with Gasteiger partial charge < -0.3 is 9.80 Å². The Morgan fingerprint density at radius 3 is 1.09 bits per heavy atom. The number of hydrogen-bond donors (Lipinski definition) is 0. The number of rotatable bonds is 22. The van der Waals surface area contributed by atoms with E-state index in [0.29, 0.717) is 0 Å². The van der Waals surface area contributed by atoms with E-state index < -0.39 is 0 Å². The fraction of sp³-hybridized carbons (Fsp3) is 0.284. The molecule has 350 valence electrons. The lowest BCUT2D eigenvalue weighted by atomic mass is 9.70. The molecule has 69 heavy (non-hydrogen) atoms. The second-order valence-corrected chi connectivity index (χ2v) is 19.7. The zero-order chi connectivity index (χ0) is 47.4. The molecule has 2 nitrogen and oxygen atoms in total. The van der Waals surface area contributed by atoms with Crippen LogP contribution in [0.5, 0.6) is 0 Å². The summed E-state index contributed by atoms with van der Waals surface area (Å²) in [6, 6.07) is 72.2. The van der Waals surface area contributed by atoms with E-state index in [4.69, 9.17) is 0 Å². The molecule has 0 N–H and O–H groups in total. The topological polar surface area (TPSA) is 6.48 Å². The summed E-state index contributed by atoms with van der Waals surface area (Å²) in [5.41, 5.74) is 20.5. The second kappa shape index (κ2) is 22.6.